The van der Waals surface area contributed by atoms with E-state index in [9.17, 15) is 0 Å². The summed E-state index contributed by atoms with van der Waals surface area (Å²) in [6.45, 7) is 0.707. The second kappa shape index (κ2) is 3.74. The maximum atomic E-state index is 5.09. The molecule has 3 N–H and O–H groups in total. The van der Waals surface area contributed by atoms with Crippen molar-refractivity contribution in [1.82, 2.24) is 20.6 Å². The Morgan fingerprint density at radius 1 is 1.69 bits per heavy atom. The Hall–Kier alpha value is -1.10. The molecule has 2 rings (SSSR count). The summed E-state index contributed by atoms with van der Waals surface area (Å²) in [5.41, 5.74) is 1.04. The van der Waals surface area contributed by atoms with Crippen LogP contribution >= 0.6 is 12.2 Å². The number of nitrogens with zero attached hydrogens (tertiary/aromatic N) is 1. The van der Waals surface area contributed by atoms with Crippen LogP contribution in [-0.2, 0) is 6.54 Å². The molecule has 0 saturated heterocycles. The summed E-state index contributed by atoms with van der Waals surface area (Å²) >= 11 is 5.09. The van der Waals surface area contributed by atoms with Gasteiger partial charge in [0.15, 0.2) is 5.11 Å². The van der Waals surface area contributed by atoms with E-state index in [2.05, 4.69) is 20.6 Å². The van der Waals surface area contributed by atoms with Crippen molar-refractivity contribution in [2.45, 2.75) is 25.4 Å². The fourth-order valence-corrected chi connectivity index (χ4v) is 1.26. The van der Waals surface area contributed by atoms with Crippen LogP contribution in [0.15, 0.2) is 12.5 Å². The van der Waals surface area contributed by atoms with E-state index in [1.807, 2.05) is 0 Å². The van der Waals surface area contributed by atoms with E-state index in [4.69, 9.17) is 12.2 Å². The lowest BCUT2D eigenvalue weighted by Gasteiger charge is -2.07. The average molecular weight is 196 g/mol. The van der Waals surface area contributed by atoms with Crippen molar-refractivity contribution in [2.24, 2.45) is 0 Å². The highest BCUT2D eigenvalue weighted by molar-refractivity contribution is 7.80. The van der Waals surface area contributed by atoms with Crippen molar-refractivity contribution < 1.29 is 0 Å². The molecule has 0 spiro atoms. The molecule has 5 heteroatoms. The largest absolute Gasteiger partial charge is 0.360 e. The molecule has 1 heterocycles. The van der Waals surface area contributed by atoms with Crippen LogP contribution < -0.4 is 10.6 Å². The van der Waals surface area contributed by atoms with Gasteiger partial charge in [0.25, 0.3) is 0 Å². The van der Waals surface area contributed by atoms with Gasteiger partial charge in [0.05, 0.1) is 18.6 Å². The van der Waals surface area contributed by atoms with E-state index in [0.717, 1.165) is 10.8 Å². The van der Waals surface area contributed by atoms with Crippen molar-refractivity contribution in [3.8, 4) is 0 Å². The third-order valence-corrected chi connectivity index (χ3v) is 2.17. The monoisotopic (exact) mass is 196 g/mol. The highest BCUT2D eigenvalue weighted by Gasteiger charge is 2.21. The van der Waals surface area contributed by atoms with Gasteiger partial charge in [0.1, 0.15) is 0 Å². The lowest BCUT2D eigenvalue weighted by Crippen LogP contribution is -2.36. The van der Waals surface area contributed by atoms with E-state index in [0.29, 0.717) is 12.6 Å². The highest BCUT2D eigenvalue weighted by Crippen LogP contribution is 2.18. The minimum Gasteiger partial charge on any atom is -0.360 e. The molecule has 0 atom stereocenters. The highest BCUT2D eigenvalue weighted by atomic mass is 32.1. The molecule has 0 aromatic carbocycles. The van der Waals surface area contributed by atoms with Crippen LogP contribution in [0.3, 0.4) is 0 Å². The van der Waals surface area contributed by atoms with Gasteiger partial charge < -0.3 is 15.6 Å². The van der Waals surface area contributed by atoms with Crippen molar-refractivity contribution in [3.63, 3.8) is 0 Å². The summed E-state index contributed by atoms with van der Waals surface area (Å²) in [5.74, 6) is 0. The van der Waals surface area contributed by atoms with Crippen molar-refractivity contribution in [3.05, 3.63) is 18.2 Å². The van der Waals surface area contributed by atoms with E-state index < -0.39 is 0 Å². The van der Waals surface area contributed by atoms with Gasteiger partial charge in [0, 0.05) is 12.2 Å². The molecule has 1 aliphatic rings. The van der Waals surface area contributed by atoms with Gasteiger partial charge in [-0.1, -0.05) is 0 Å². The normalized spacial score (nSPS) is 15.4. The maximum absolute atomic E-state index is 5.09. The average Bonchev–Trinajstić information content (AvgIpc) is 2.78. The lowest BCUT2D eigenvalue weighted by molar-refractivity contribution is 0.817. The number of H-pyrrole nitrogens is 1. The van der Waals surface area contributed by atoms with Gasteiger partial charge in [-0.3, -0.25) is 0 Å². The summed E-state index contributed by atoms with van der Waals surface area (Å²) < 4.78 is 0. The lowest BCUT2D eigenvalue weighted by atomic mass is 10.5. The molecule has 0 unspecified atom stereocenters. The number of aromatic nitrogens is 2. The van der Waals surface area contributed by atoms with Gasteiger partial charge in [-0.2, -0.15) is 0 Å². The molecule has 0 amide bonds. The first-order chi connectivity index (χ1) is 6.34. The first-order valence-corrected chi connectivity index (χ1v) is 4.77. The van der Waals surface area contributed by atoms with Crippen LogP contribution in [0.5, 0.6) is 0 Å². The van der Waals surface area contributed by atoms with Gasteiger partial charge in [-0.05, 0) is 25.1 Å². The zero-order chi connectivity index (χ0) is 9.10. The predicted molar refractivity (Wildman–Crippen MR) is 54.2 cm³/mol. The topological polar surface area (TPSA) is 52.7 Å². The molecule has 1 fully saturated rings. The molecule has 0 bridgehead atoms. The van der Waals surface area contributed by atoms with E-state index in [1.165, 1.54) is 12.8 Å². The predicted octanol–water partition coefficient (Wildman–Crippen LogP) is 0.536. The quantitative estimate of drug-likeness (QED) is 0.617. The number of rotatable bonds is 3. The van der Waals surface area contributed by atoms with Gasteiger partial charge in [-0.25, -0.2) is 4.98 Å². The zero-order valence-electron chi connectivity index (χ0n) is 7.21. The molecule has 70 valence electrons. The molecule has 1 saturated carbocycles. The SMILES string of the molecule is S=C(NCc1cnc[nH]1)NC1CC1. The van der Waals surface area contributed by atoms with Gasteiger partial charge in [0.2, 0.25) is 0 Å². The Morgan fingerprint density at radius 2 is 2.54 bits per heavy atom. The van der Waals surface area contributed by atoms with Crippen LogP contribution in [0.1, 0.15) is 18.5 Å². The molecule has 13 heavy (non-hydrogen) atoms. The smallest absolute Gasteiger partial charge is 0.166 e. The van der Waals surface area contributed by atoms with Crippen LogP contribution in [0.2, 0.25) is 0 Å². The third-order valence-electron chi connectivity index (χ3n) is 1.91. The number of hydrogen-bond acceptors (Lipinski definition) is 2. The van der Waals surface area contributed by atoms with E-state index in [1.54, 1.807) is 12.5 Å². The Balaban J connectivity index is 1.69. The van der Waals surface area contributed by atoms with Crippen molar-refractivity contribution >= 4 is 17.3 Å². The van der Waals surface area contributed by atoms with Crippen LogP contribution in [0.25, 0.3) is 0 Å². The van der Waals surface area contributed by atoms with Crippen molar-refractivity contribution in [1.29, 1.82) is 0 Å². The zero-order valence-corrected chi connectivity index (χ0v) is 8.03. The molecular formula is C8H12N4S. The van der Waals surface area contributed by atoms with Crippen molar-refractivity contribution in [2.75, 3.05) is 0 Å². The number of imidazole rings is 1. The fraction of sp³-hybridized carbons (Fsp3) is 0.500. The van der Waals surface area contributed by atoms with Crippen LogP contribution in [-0.4, -0.2) is 21.1 Å². The molecule has 0 aliphatic heterocycles. The maximum Gasteiger partial charge on any atom is 0.166 e. The van der Waals surface area contributed by atoms with Gasteiger partial charge >= 0.3 is 0 Å². The molecule has 1 aliphatic carbocycles. The van der Waals surface area contributed by atoms with Gasteiger partial charge in [-0.15, -0.1) is 0 Å². The van der Waals surface area contributed by atoms with E-state index in [-0.39, 0.29) is 0 Å². The Morgan fingerprint density at radius 3 is 3.15 bits per heavy atom. The summed E-state index contributed by atoms with van der Waals surface area (Å²) in [7, 11) is 0. The second-order valence-corrected chi connectivity index (χ2v) is 3.59. The standard InChI is InChI=1S/C8H12N4S/c13-8(12-6-1-2-6)10-4-7-3-9-5-11-7/h3,5-6H,1-2,4H2,(H,9,11)(H2,10,12,13). The summed E-state index contributed by atoms with van der Waals surface area (Å²) in [6.07, 6.45) is 5.93. The number of hydrogen-bond donors (Lipinski definition) is 3. The molecular weight excluding hydrogens is 184 g/mol. The first-order valence-electron chi connectivity index (χ1n) is 4.36. The molecule has 1 aromatic heterocycles. The minimum atomic E-state index is 0.613. The Kier molecular flexibility index (Phi) is 2.44. The fourth-order valence-electron chi connectivity index (χ4n) is 1.02. The third kappa shape index (κ3) is 2.69. The number of thiocarbonyl (C=S) groups is 1. The molecule has 1 aromatic rings. The summed E-state index contributed by atoms with van der Waals surface area (Å²) in [6, 6.07) is 0.613. The first kappa shape index (κ1) is 8.50. The van der Waals surface area contributed by atoms with Crippen LogP contribution in [0.4, 0.5) is 0 Å². The Bertz CT molecular complexity index is 278. The number of nitrogens with one attached hydrogen (secondary N) is 3. The second-order valence-electron chi connectivity index (χ2n) is 3.18. The molecule has 4 nitrogen and oxygen atoms in total. The summed E-state index contributed by atoms with van der Waals surface area (Å²) in [4.78, 5) is 6.91. The summed E-state index contributed by atoms with van der Waals surface area (Å²) in [5, 5.41) is 7.04. The minimum absolute atomic E-state index is 0.613. The molecule has 0 radical (unpaired) electrons. The Labute approximate surface area is 82.1 Å². The van der Waals surface area contributed by atoms with E-state index >= 15 is 0 Å². The number of aromatic amines is 1. The van der Waals surface area contributed by atoms with Crippen LogP contribution in [0, 0.1) is 0 Å².